The molecule has 2 aromatic carbocycles. The second kappa shape index (κ2) is 4.31. The Morgan fingerprint density at radius 1 is 1.10 bits per heavy atom. The summed E-state index contributed by atoms with van der Waals surface area (Å²) in [6.07, 6.45) is 3.45. The lowest BCUT2D eigenvalue weighted by molar-refractivity contribution is 0.0466. The highest BCUT2D eigenvalue weighted by Crippen LogP contribution is 2.43. The summed E-state index contributed by atoms with van der Waals surface area (Å²) in [6.45, 7) is 3.04. The van der Waals surface area contributed by atoms with Crippen molar-refractivity contribution in [2.45, 2.75) is 43.9 Å². The highest BCUT2D eigenvalue weighted by molar-refractivity contribution is 5.86. The first-order valence-corrected chi connectivity index (χ1v) is 7.64. The molecule has 2 atom stereocenters. The van der Waals surface area contributed by atoms with Gasteiger partial charge in [-0.1, -0.05) is 42.5 Å². The molecule has 2 aromatic rings. The smallest absolute Gasteiger partial charge is 0.104 e. The topological polar surface area (TPSA) is 23.5 Å². The highest BCUT2D eigenvalue weighted by atomic mass is 16.3. The molecule has 2 nitrogen and oxygen atoms in total. The van der Waals surface area contributed by atoms with Gasteiger partial charge in [0.1, 0.15) is 5.60 Å². The molecule has 0 aromatic heterocycles. The van der Waals surface area contributed by atoms with Gasteiger partial charge in [-0.05, 0) is 42.5 Å². The zero-order valence-electron chi connectivity index (χ0n) is 11.9. The quantitative estimate of drug-likeness (QED) is 0.902. The minimum Gasteiger partial charge on any atom is -0.384 e. The molecule has 0 amide bonds. The van der Waals surface area contributed by atoms with Gasteiger partial charge in [0.15, 0.2) is 0 Å². The summed E-state index contributed by atoms with van der Waals surface area (Å²) in [5.74, 6) is 0. The van der Waals surface area contributed by atoms with Gasteiger partial charge in [0.2, 0.25) is 0 Å². The Morgan fingerprint density at radius 3 is 2.65 bits per heavy atom. The summed E-state index contributed by atoms with van der Waals surface area (Å²) in [6, 6.07) is 15.9. The van der Waals surface area contributed by atoms with Gasteiger partial charge >= 0.3 is 0 Å². The number of nitrogens with zero attached hydrogens (tertiary/aromatic N) is 1. The average molecular weight is 267 g/mol. The van der Waals surface area contributed by atoms with Gasteiger partial charge in [-0.2, -0.15) is 0 Å². The number of likely N-dealkylation sites (tertiary alicyclic amines) is 1. The van der Waals surface area contributed by atoms with E-state index in [-0.39, 0.29) is 0 Å². The van der Waals surface area contributed by atoms with Crippen LogP contribution in [-0.4, -0.2) is 28.6 Å². The van der Waals surface area contributed by atoms with Crippen molar-refractivity contribution in [3.05, 3.63) is 48.0 Å². The highest BCUT2D eigenvalue weighted by Gasteiger charge is 2.47. The average Bonchev–Trinajstić information content (AvgIpc) is 3.24. The third-order valence-electron chi connectivity index (χ3n) is 4.95. The van der Waals surface area contributed by atoms with Crippen molar-refractivity contribution in [2.24, 2.45) is 0 Å². The van der Waals surface area contributed by atoms with E-state index in [0.29, 0.717) is 12.1 Å². The van der Waals surface area contributed by atoms with E-state index in [4.69, 9.17) is 0 Å². The molecule has 2 fully saturated rings. The fourth-order valence-electron chi connectivity index (χ4n) is 3.85. The Labute approximate surface area is 120 Å². The number of aliphatic hydroxyl groups is 1. The van der Waals surface area contributed by atoms with Crippen LogP contribution in [0.15, 0.2) is 42.5 Å². The molecule has 104 valence electrons. The maximum absolute atomic E-state index is 11.2. The molecule has 2 unspecified atom stereocenters. The largest absolute Gasteiger partial charge is 0.384 e. The van der Waals surface area contributed by atoms with Crippen molar-refractivity contribution in [1.82, 2.24) is 4.90 Å². The number of rotatable bonds is 2. The van der Waals surface area contributed by atoms with E-state index in [1.807, 2.05) is 0 Å². The summed E-state index contributed by atoms with van der Waals surface area (Å²) < 4.78 is 0. The first kappa shape index (κ1) is 12.4. The molecule has 2 aliphatic rings. The van der Waals surface area contributed by atoms with Gasteiger partial charge < -0.3 is 5.11 Å². The van der Waals surface area contributed by atoms with Gasteiger partial charge in [-0.25, -0.2) is 0 Å². The van der Waals surface area contributed by atoms with Crippen LogP contribution in [0, 0.1) is 0 Å². The molecule has 1 aliphatic carbocycles. The number of fused-ring (bicyclic) bond motifs is 1. The second-order valence-corrected chi connectivity index (χ2v) is 6.51. The Morgan fingerprint density at radius 2 is 1.85 bits per heavy atom. The van der Waals surface area contributed by atoms with Crippen LogP contribution in [0.2, 0.25) is 0 Å². The summed E-state index contributed by atoms with van der Waals surface area (Å²) in [5, 5.41) is 13.7. The van der Waals surface area contributed by atoms with E-state index in [1.165, 1.54) is 23.6 Å². The normalized spacial score (nSPS) is 31.0. The maximum Gasteiger partial charge on any atom is 0.104 e. The number of hydrogen-bond acceptors (Lipinski definition) is 2. The van der Waals surface area contributed by atoms with Crippen LogP contribution in [0.25, 0.3) is 10.8 Å². The molecular weight excluding hydrogens is 246 g/mol. The van der Waals surface area contributed by atoms with E-state index >= 15 is 0 Å². The Hall–Kier alpha value is -1.38. The lowest BCUT2D eigenvalue weighted by Gasteiger charge is -2.25. The first-order valence-electron chi connectivity index (χ1n) is 7.64. The molecule has 0 spiro atoms. The van der Waals surface area contributed by atoms with Crippen molar-refractivity contribution < 1.29 is 5.11 Å². The third kappa shape index (κ3) is 1.87. The Balaban J connectivity index is 1.78. The van der Waals surface area contributed by atoms with Gasteiger partial charge in [-0.15, -0.1) is 0 Å². The van der Waals surface area contributed by atoms with Gasteiger partial charge in [-0.3, -0.25) is 4.90 Å². The van der Waals surface area contributed by atoms with Crippen molar-refractivity contribution >= 4 is 10.8 Å². The van der Waals surface area contributed by atoms with Crippen LogP contribution in [0.4, 0.5) is 0 Å². The third-order valence-corrected chi connectivity index (χ3v) is 4.95. The molecule has 1 aliphatic heterocycles. The summed E-state index contributed by atoms with van der Waals surface area (Å²) in [7, 11) is 0. The molecule has 1 saturated heterocycles. The van der Waals surface area contributed by atoms with E-state index in [9.17, 15) is 5.11 Å². The number of β-amino-alcohol motifs (C(OH)–C–C–N with tert-alkyl or cyclic N) is 1. The Kier molecular flexibility index (Phi) is 2.66. The summed E-state index contributed by atoms with van der Waals surface area (Å²) in [4.78, 5) is 2.50. The minimum absolute atomic E-state index is 0.478. The fraction of sp³-hybridized carbons (Fsp3) is 0.444. The van der Waals surface area contributed by atoms with Crippen LogP contribution >= 0.6 is 0 Å². The second-order valence-electron chi connectivity index (χ2n) is 6.51. The lowest BCUT2D eigenvalue weighted by Crippen LogP contribution is -2.33. The van der Waals surface area contributed by atoms with Crippen molar-refractivity contribution in [3.63, 3.8) is 0 Å². The summed E-state index contributed by atoms with van der Waals surface area (Å²) in [5.41, 5.74) is 0.411. The minimum atomic E-state index is -0.692. The monoisotopic (exact) mass is 267 g/mol. The molecular formula is C18H21NO. The van der Waals surface area contributed by atoms with Gasteiger partial charge in [0.05, 0.1) is 0 Å². The molecule has 1 heterocycles. The van der Waals surface area contributed by atoms with Crippen LogP contribution in [0.3, 0.4) is 0 Å². The van der Waals surface area contributed by atoms with Crippen LogP contribution in [0.1, 0.15) is 31.7 Å². The molecule has 1 N–H and O–H groups in total. The van der Waals surface area contributed by atoms with Crippen LogP contribution < -0.4 is 0 Å². The zero-order valence-corrected chi connectivity index (χ0v) is 11.9. The first-order chi connectivity index (χ1) is 9.67. The van der Waals surface area contributed by atoms with Gasteiger partial charge in [0.25, 0.3) is 0 Å². The summed E-state index contributed by atoms with van der Waals surface area (Å²) >= 11 is 0. The van der Waals surface area contributed by atoms with Crippen molar-refractivity contribution in [3.8, 4) is 0 Å². The number of hydrogen-bond donors (Lipinski definition) is 1. The lowest BCUT2D eigenvalue weighted by atomic mass is 9.87. The predicted octanol–water partition coefficient (Wildman–Crippen LogP) is 3.28. The van der Waals surface area contributed by atoms with Crippen LogP contribution in [-0.2, 0) is 5.60 Å². The fourth-order valence-corrected chi connectivity index (χ4v) is 3.85. The van der Waals surface area contributed by atoms with E-state index in [1.54, 1.807) is 0 Å². The maximum atomic E-state index is 11.2. The van der Waals surface area contributed by atoms with Crippen molar-refractivity contribution in [1.29, 1.82) is 0 Å². The van der Waals surface area contributed by atoms with Gasteiger partial charge in [0, 0.05) is 18.6 Å². The standard InChI is InChI=1S/C18H21NO/c1-13-11-18(20,12-19(13)15-9-10-15)17-8-4-6-14-5-2-3-7-16(14)17/h2-8,13,15,20H,9-12H2,1H3. The van der Waals surface area contributed by atoms with E-state index in [0.717, 1.165) is 18.5 Å². The number of benzene rings is 2. The zero-order chi connectivity index (χ0) is 13.7. The SMILES string of the molecule is CC1CC(O)(c2cccc3ccccc23)CN1C1CC1. The van der Waals surface area contributed by atoms with E-state index < -0.39 is 5.60 Å². The Bertz CT molecular complexity index is 643. The van der Waals surface area contributed by atoms with Crippen molar-refractivity contribution in [2.75, 3.05) is 6.54 Å². The van der Waals surface area contributed by atoms with E-state index in [2.05, 4.69) is 54.3 Å². The molecule has 0 radical (unpaired) electrons. The van der Waals surface area contributed by atoms with Crippen LogP contribution in [0.5, 0.6) is 0 Å². The molecule has 2 heteroatoms. The molecule has 0 bridgehead atoms. The molecule has 20 heavy (non-hydrogen) atoms. The predicted molar refractivity (Wildman–Crippen MR) is 81.7 cm³/mol. The molecule has 4 rings (SSSR count). The molecule has 1 saturated carbocycles.